The van der Waals surface area contributed by atoms with Gasteiger partial charge in [0.1, 0.15) is 5.82 Å². The molecule has 1 fully saturated rings. The van der Waals surface area contributed by atoms with Gasteiger partial charge in [-0.05, 0) is 42.9 Å². The van der Waals surface area contributed by atoms with Gasteiger partial charge in [0.2, 0.25) is 10.0 Å². The lowest BCUT2D eigenvalue weighted by Gasteiger charge is -2.13. The van der Waals surface area contributed by atoms with Gasteiger partial charge in [-0.15, -0.1) is 0 Å². The molecule has 0 spiro atoms. The van der Waals surface area contributed by atoms with Gasteiger partial charge in [0.15, 0.2) is 0 Å². The van der Waals surface area contributed by atoms with Gasteiger partial charge in [0.25, 0.3) is 5.91 Å². The Morgan fingerprint density at radius 3 is 2.55 bits per heavy atom. The Morgan fingerprint density at radius 1 is 1.40 bits per heavy atom. The molecule has 110 valence electrons. The summed E-state index contributed by atoms with van der Waals surface area (Å²) in [4.78, 5) is 11.5. The van der Waals surface area contributed by atoms with Crippen LogP contribution in [0.15, 0.2) is 23.1 Å². The minimum absolute atomic E-state index is 0.0408. The topological polar surface area (TPSA) is 89.3 Å². The van der Waals surface area contributed by atoms with Gasteiger partial charge < -0.3 is 5.32 Å². The quantitative estimate of drug-likeness (QED) is 0.861. The van der Waals surface area contributed by atoms with Gasteiger partial charge in [-0.2, -0.15) is 0 Å². The largest absolute Gasteiger partial charge is 0.351 e. The number of sulfonamides is 1. The lowest BCUT2D eigenvalue weighted by Crippen LogP contribution is -2.30. The van der Waals surface area contributed by atoms with Crippen LogP contribution in [0.3, 0.4) is 0 Å². The van der Waals surface area contributed by atoms with Crippen LogP contribution in [0.25, 0.3) is 0 Å². The molecule has 1 aromatic carbocycles. The lowest BCUT2D eigenvalue weighted by atomic mass is 10.0. The summed E-state index contributed by atoms with van der Waals surface area (Å²) in [6.45, 7) is 2.57. The lowest BCUT2D eigenvalue weighted by molar-refractivity contribution is 0.0943. The third kappa shape index (κ3) is 3.34. The Kier molecular flexibility index (Phi) is 3.84. The van der Waals surface area contributed by atoms with Crippen LogP contribution < -0.4 is 10.5 Å². The van der Waals surface area contributed by atoms with Crippen LogP contribution in [0.5, 0.6) is 0 Å². The fraction of sp³-hybridized carbons (Fsp3) is 0.462. The van der Waals surface area contributed by atoms with Crippen molar-refractivity contribution < 1.29 is 17.6 Å². The van der Waals surface area contributed by atoms with E-state index >= 15 is 0 Å². The second-order valence-corrected chi connectivity index (χ2v) is 6.82. The molecule has 20 heavy (non-hydrogen) atoms. The van der Waals surface area contributed by atoms with Crippen LogP contribution in [-0.2, 0) is 10.0 Å². The van der Waals surface area contributed by atoms with Crippen molar-refractivity contribution in [3.05, 3.63) is 29.6 Å². The van der Waals surface area contributed by atoms with Crippen LogP contribution in [0.2, 0.25) is 0 Å². The molecule has 1 aromatic rings. The number of carbonyl (C=O) groups excluding carboxylic acids is 1. The van der Waals surface area contributed by atoms with Crippen LogP contribution in [0.4, 0.5) is 4.39 Å². The zero-order valence-electron chi connectivity index (χ0n) is 11.1. The Balaban J connectivity index is 2.16. The number of hydrogen-bond donors (Lipinski definition) is 2. The van der Waals surface area contributed by atoms with E-state index < -0.39 is 26.6 Å². The van der Waals surface area contributed by atoms with Crippen LogP contribution >= 0.6 is 0 Å². The summed E-state index contributed by atoms with van der Waals surface area (Å²) in [6, 6.07) is 2.87. The van der Waals surface area contributed by atoms with Crippen LogP contribution in [0, 0.1) is 11.2 Å². The Hall–Kier alpha value is -1.47. The highest BCUT2D eigenvalue weighted by Gasteiger charge is 2.40. The minimum atomic E-state index is -4.04. The summed E-state index contributed by atoms with van der Waals surface area (Å²) in [5.74, 6) is -1.30. The number of hydrogen-bond acceptors (Lipinski definition) is 3. The summed E-state index contributed by atoms with van der Waals surface area (Å²) in [6.07, 6.45) is 3.10. The monoisotopic (exact) mass is 300 g/mol. The third-order valence-electron chi connectivity index (χ3n) is 3.79. The third-order valence-corrected chi connectivity index (χ3v) is 4.69. The molecule has 0 atom stereocenters. The van der Waals surface area contributed by atoms with E-state index in [-0.39, 0.29) is 11.0 Å². The van der Waals surface area contributed by atoms with Gasteiger partial charge >= 0.3 is 0 Å². The number of benzene rings is 1. The predicted molar refractivity (Wildman–Crippen MR) is 72.1 cm³/mol. The van der Waals surface area contributed by atoms with E-state index in [9.17, 15) is 17.6 Å². The molecule has 0 aliphatic heterocycles. The SMILES string of the molecule is CCC1(CNC(=O)c2cc(F)cc(S(N)(=O)=O)c2)CC1. The molecular weight excluding hydrogens is 283 g/mol. The maximum atomic E-state index is 13.4. The van der Waals surface area contributed by atoms with Crippen molar-refractivity contribution >= 4 is 15.9 Å². The average Bonchev–Trinajstić information content (AvgIpc) is 3.15. The molecule has 3 N–H and O–H groups in total. The first-order chi connectivity index (χ1) is 9.26. The van der Waals surface area contributed by atoms with Crippen molar-refractivity contribution in [1.82, 2.24) is 5.32 Å². The highest BCUT2D eigenvalue weighted by atomic mass is 32.2. The normalized spacial score (nSPS) is 16.8. The fourth-order valence-corrected chi connectivity index (χ4v) is 2.63. The first-order valence-electron chi connectivity index (χ1n) is 6.37. The molecule has 1 amide bonds. The van der Waals surface area contributed by atoms with E-state index in [1.807, 2.05) is 0 Å². The number of rotatable bonds is 5. The van der Waals surface area contributed by atoms with Crippen LogP contribution in [0.1, 0.15) is 36.5 Å². The maximum Gasteiger partial charge on any atom is 0.251 e. The molecule has 1 saturated carbocycles. The number of nitrogens with one attached hydrogen (secondary N) is 1. The Morgan fingerprint density at radius 2 is 2.05 bits per heavy atom. The zero-order valence-corrected chi connectivity index (χ0v) is 12.0. The summed E-state index contributed by atoms with van der Waals surface area (Å²) in [7, 11) is -4.04. The van der Waals surface area contributed by atoms with Gasteiger partial charge in [-0.1, -0.05) is 6.92 Å². The van der Waals surface area contributed by atoms with Crippen molar-refractivity contribution in [2.75, 3.05) is 6.54 Å². The Labute approximate surface area is 117 Å². The maximum absolute atomic E-state index is 13.4. The number of halogens is 1. The minimum Gasteiger partial charge on any atom is -0.351 e. The summed E-state index contributed by atoms with van der Waals surface area (Å²) < 4.78 is 35.8. The highest BCUT2D eigenvalue weighted by Crippen LogP contribution is 2.47. The Bertz CT molecular complexity index is 639. The molecule has 0 aromatic heterocycles. The summed E-state index contributed by atoms with van der Waals surface area (Å²) in [5.41, 5.74) is 0.118. The second kappa shape index (κ2) is 5.14. The predicted octanol–water partition coefficient (Wildman–Crippen LogP) is 1.39. The standard InChI is InChI=1S/C13H17FN2O3S/c1-2-13(3-4-13)8-16-12(17)9-5-10(14)7-11(6-9)20(15,18)19/h5-7H,2-4,8H2,1H3,(H,16,17)(H2,15,18,19). The number of carbonyl (C=O) groups is 1. The average molecular weight is 300 g/mol. The summed E-state index contributed by atoms with van der Waals surface area (Å²) >= 11 is 0. The molecule has 1 aliphatic rings. The zero-order chi connectivity index (χ0) is 15.0. The number of primary sulfonamides is 1. The first kappa shape index (κ1) is 14.9. The van der Waals surface area contributed by atoms with Crippen molar-refractivity contribution in [3.63, 3.8) is 0 Å². The highest BCUT2D eigenvalue weighted by molar-refractivity contribution is 7.89. The van der Waals surface area contributed by atoms with Gasteiger partial charge in [0, 0.05) is 12.1 Å². The molecule has 1 aliphatic carbocycles. The van der Waals surface area contributed by atoms with E-state index in [0.717, 1.165) is 37.5 Å². The van der Waals surface area contributed by atoms with Crippen molar-refractivity contribution in [1.29, 1.82) is 0 Å². The molecule has 0 heterocycles. The van der Waals surface area contributed by atoms with Gasteiger partial charge in [-0.25, -0.2) is 17.9 Å². The molecule has 5 nitrogen and oxygen atoms in total. The molecule has 0 unspecified atom stereocenters. The fourth-order valence-electron chi connectivity index (χ4n) is 2.06. The molecule has 0 bridgehead atoms. The number of amides is 1. The van der Waals surface area contributed by atoms with E-state index in [0.29, 0.717) is 6.54 Å². The van der Waals surface area contributed by atoms with Crippen molar-refractivity contribution in [2.45, 2.75) is 31.1 Å². The second-order valence-electron chi connectivity index (χ2n) is 5.26. The molecular formula is C13H17FN2O3S. The van der Waals surface area contributed by atoms with Crippen molar-refractivity contribution in [3.8, 4) is 0 Å². The first-order valence-corrected chi connectivity index (χ1v) is 7.92. The van der Waals surface area contributed by atoms with Crippen molar-refractivity contribution in [2.24, 2.45) is 10.6 Å². The molecule has 7 heteroatoms. The molecule has 2 rings (SSSR count). The van der Waals surface area contributed by atoms with Gasteiger partial charge in [0.05, 0.1) is 4.90 Å². The van der Waals surface area contributed by atoms with E-state index in [1.165, 1.54) is 0 Å². The number of nitrogens with two attached hydrogens (primary N) is 1. The van der Waals surface area contributed by atoms with E-state index in [4.69, 9.17) is 5.14 Å². The van der Waals surface area contributed by atoms with Crippen LogP contribution in [-0.4, -0.2) is 20.9 Å². The van der Waals surface area contributed by atoms with Gasteiger partial charge in [-0.3, -0.25) is 4.79 Å². The smallest absolute Gasteiger partial charge is 0.251 e. The molecule has 0 radical (unpaired) electrons. The van der Waals surface area contributed by atoms with E-state index in [1.54, 1.807) is 0 Å². The molecule has 0 saturated heterocycles. The summed E-state index contributed by atoms with van der Waals surface area (Å²) in [5, 5.41) is 7.66. The van der Waals surface area contributed by atoms with E-state index in [2.05, 4.69) is 12.2 Å².